The second-order valence-electron chi connectivity index (χ2n) is 6.83. The van der Waals surface area contributed by atoms with Gasteiger partial charge >= 0.3 is 6.03 Å². The number of aryl methyl sites for hydroxylation is 3. The average Bonchev–Trinajstić information content (AvgIpc) is 2.67. The Morgan fingerprint density at radius 1 is 1.07 bits per heavy atom. The molecule has 0 saturated carbocycles. The third-order valence-corrected chi connectivity index (χ3v) is 4.63. The van der Waals surface area contributed by atoms with Crippen LogP contribution in [-0.4, -0.2) is 60.2 Å². The third-order valence-electron chi connectivity index (χ3n) is 4.63. The zero-order valence-corrected chi connectivity index (χ0v) is 16.2. The standard InChI is InChI=1S/C20H27N5O2/c1-15-13-16(2)18(17(3)14-15)27-12-7-23-20(26)25-10-8-24(9-11-25)19-21-5-4-6-22-19/h4-6,13-14H,7-12H2,1-3H3,(H,23,26). The Balaban J connectivity index is 1.40. The highest BCUT2D eigenvalue weighted by Gasteiger charge is 2.22. The average molecular weight is 369 g/mol. The van der Waals surface area contributed by atoms with E-state index < -0.39 is 0 Å². The van der Waals surface area contributed by atoms with Crippen molar-refractivity contribution in [1.29, 1.82) is 0 Å². The number of anilines is 1. The van der Waals surface area contributed by atoms with Gasteiger partial charge in [0.1, 0.15) is 12.4 Å². The van der Waals surface area contributed by atoms with Gasteiger partial charge in [0.15, 0.2) is 0 Å². The van der Waals surface area contributed by atoms with Gasteiger partial charge in [0, 0.05) is 38.6 Å². The van der Waals surface area contributed by atoms with Gasteiger partial charge in [-0.3, -0.25) is 0 Å². The van der Waals surface area contributed by atoms with Crippen molar-refractivity contribution in [2.24, 2.45) is 0 Å². The summed E-state index contributed by atoms with van der Waals surface area (Å²) in [6, 6.07) is 5.97. The Labute approximate surface area is 160 Å². The van der Waals surface area contributed by atoms with Crippen molar-refractivity contribution in [2.45, 2.75) is 20.8 Å². The number of carbonyl (C=O) groups excluding carboxylic acids is 1. The normalized spacial score (nSPS) is 14.2. The van der Waals surface area contributed by atoms with Gasteiger partial charge in [-0.1, -0.05) is 17.7 Å². The Morgan fingerprint density at radius 2 is 1.70 bits per heavy atom. The minimum Gasteiger partial charge on any atom is -0.491 e. The molecule has 27 heavy (non-hydrogen) atoms. The first kappa shape index (κ1) is 18.9. The summed E-state index contributed by atoms with van der Waals surface area (Å²) in [5.74, 6) is 1.63. The van der Waals surface area contributed by atoms with Crippen LogP contribution in [0.25, 0.3) is 0 Å². The molecule has 3 rings (SSSR count). The first-order chi connectivity index (χ1) is 13.0. The van der Waals surface area contributed by atoms with Crippen molar-refractivity contribution >= 4 is 12.0 Å². The number of carbonyl (C=O) groups is 1. The van der Waals surface area contributed by atoms with Gasteiger partial charge in [-0.15, -0.1) is 0 Å². The second-order valence-corrected chi connectivity index (χ2v) is 6.83. The molecule has 1 aliphatic rings. The van der Waals surface area contributed by atoms with Crippen LogP contribution in [0.5, 0.6) is 5.75 Å². The molecule has 0 aliphatic carbocycles. The number of benzene rings is 1. The molecule has 1 N–H and O–H groups in total. The molecule has 2 heterocycles. The van der Waals surface area contributed by atoms with Gasteiger partial charge in [0.05, 0.1) is 6.54 Å². The summed E-state index contributed by atoms with van der Waals surface area (Å²) in [7, 11) is 0. The van der Waals surface area contributed by atoms with E-state index in [1.807, 2.05) is 18.7 Å². The van der Waals surface area contributed by atoms with E-state index in [-0.39, 0.29) is 6.03 Å². The topological polar surface area (TPSA) is 70.6 Å². The van der Waals surface area contributed by atoms with Crippen LogP contribution in [0, 0.1) is 20.8 Å². The zero-order valence-electron chi connectivity index (χ0n) is 16.2. The van der Waals surface area contributed by atoms with E-state index in [9.17, 15) is 4.79 Å². The molecule has 7 nitrogen and oxygen atoms in total. The molecular formula is C20H27N5O2. The van der Waals surface area contributed by atoms with Crippen LogP contribution in [0.1, 0.15) is 16.7 Å². The number of hydrogen-bond donors (Lipinski definition) is 1. The smallest absolute Gasteiger partial charge is 0.317 e. The molecule has 144 valence electrons. The summed E-state index contributed by atoms with van der Waals surface area (Å²) in [5, 5.41) is 2.94. The van der Waals surface area contributed by atoms with Crippen LogP contribution in [0.2, 0.25) is 0 Å². The van der Waals surface area contributed by atoms with E-state index in [1.54, 1.807) is 18.5 Å². The summed E-state index contributed by atoms with van der Waals surface area (Å²) in [4.78, 5) is 24.8. The molecule has 0 spiro atoms. The van der Waals surface area contributed by atoms with E-state index in [4.69, 9.17) is 4.74 Å². The molecule has 7 heteroatoms. The molecule has 0 radical (unpaired) electrons. The fourth-order valence-electron chi connectivity index (χ4n) is 3.38. The fraction of sp³-hybridized carbons (Fsp3) is 0.450. The van der Waals surface area contributed by atoms with Crippen molar-refractivity contribution in [3.05, 3.63) is 47.3 Å². The Bertz CT molecular complexity index is 750. The Hall–Kier alpha value is -2.83. The van der Waals surface area contributed by atoms with E-state index in [2.05, 4.69) is 39.2 Å². The molecule has 1 aliphatic heterocycles. The highest BCUT2D eigenvalue weighted by atomic mass is 16.5. The van der Waals surface area contributed by atoms with Crippen LogP contribution in [0.4, 0.5) is 10.7 Å². The Kier molecular flexibility index (Phi) is 6.11. The van der Waals surface area contributed by atoms with E-state index in [1.165, 1.54) is 5.56 Å². The van der Waals surface area contributed by atoms with E-state index in [0.29, 0.717) is 26.2 Å². The van der Waals surface area contributed by atoms with Crippen LogP contribution < -0.4 is 15.0 Å². The number of nitrogens with one attached hydrogen (secondary N) is 1. The molecule has 2 aromatic rings. The lowest BCUT2D eigenvalue weighted by Gasteiger charge is -2.34. The number of rotatable bonds is 5. The number of aromatic nitrogens is 2. The molecule has 1 aromatic carbocycles. The highest BCUT2D eigenvalue weighted by Crippen LogP contribution is 2.24. The quantitative estimate of drug-likeness (QED) is 0.819. The molecule has 1 fully saturated rings. The molecule has 0 bridgehead atoms. The lowest BCUT2D eigenvalue weighted by Crippen LogP contribution is -2.52. The van der Waals surface area contributed by atoms with Gasteiger partial charge in [0.25, 0.3) is 0 Å². The predicted octanol–water partition coefficient (Wildman–Crippen LogP) is 2.31. The van der Waals surface area contributed by atoms with Crippen molar-refractivity contribution in [3.8, 4) is 5.75 Å². The summed E-state index contributed by atoms with van der Waals surface area (Å²) < 4.78 is 5.88. The highest BCUT2D eigenvalue weighted by molar-refractivity contribution is 5.74. The van der Waals surface area contributed by atoms with Crippen LogP contribution in [0.3, 0.4) is 0 Å². The molecule has 1 aromatic heterocycles. The summed E-state index contributed by atoms with van der Waals surface area (Å²) >= 11 is 0. The minimum atomic E-state index is -0.0513. The molecule has 1 saturated heterocycles. The maximum Gasteiger partial charge on any atom is 0.317 e. The van der Waals surface area contributed by atoms with Gasteiger partial charge in [0.2, 0.25) is 5.95 Å². The first-order valence-corrected chi connectivity index (χ1v) is 9.30. The second kappa shape index (κ2) is 8.70. The number of urea groups is 1. The number of hydrogen-bond acceptors (Lipinski definition) is 5. The molecular weight excluding hydrogens is 342 g/mol. The van der Waals surface area contributed by atoms with Crippen molar-refractivity contribution in [1.82, 2.24) is 20.2 Å². The van der Waals surface area contributed by atoms with E-state index >= 15 is 0 Å². The van der Waals surface area contributed by atoms with Gasteiger partial charge in [-0.2, -0.15) is 0 Å². The lowest BCUT2D eigenvalue weighted by atomic mass is 10.1. The molecule has 0 unspecified atom stereocenters. The minimum absolute atomic E-state index is 0.0513. The number of nitrogens with zero attached hydrogens (tertiary/aromatic N) is 4. The summed E-state index contributed by atoms with van der Waals surface area (Å²) in [6.07, 6.45) is 3.47. The third kappa shape index (κ3) is 4.87. The first-order valence-electron chi connectivity index (χ1n) is 9.30. The number of piperazine rings is 1. The largest absolute Gasteiger partial charge is 0.491 e. The number of ether oxygens (including phenoxy) is 1. The zero-order chi connectivity index (χ0) is 19.2. The predicted molar refractivity (Wildman–Crippen MR) is 105 cm³/mol. The Morgan fingerprint density at radius 3 is 2.33 bits per heavy atom. The summed E-state index contributed by atoms with van der Waals surface area (Å²) in [6.45, 7) is 9.87. The van der Waals surface area contributed by atoms with Gasteiger partial charge in [-0.05, 0) is 38.0 Å². The maximum atomic E-state index is 12.3. The SMILES string of the molecule is Cc1cc(C)c(OCCNC(=O)N2CCN(c3ncccn3)CC2)c(C)c1. The lowest BCUT2D eigenvalue weighted by molar-refractivity contribution is 0.191. The van der Waals surface area contributed by atoms with Gasteiger partial charge in [-0.25, -0.2) is 14.8 Å². The van der Waals surface area contributed by atoms with Crippen molar-refractivity contribution in [2.75, 3.05) is 44.2 Å². The van der Waals surface area contributed by atoms with Crippen LogP contribution in [0.15, 0.2) is 30.6 Å². The van der Waals surface area contributed by atoms with Gasteiger partial charge < -0.3 is 19.9 Å². The van der Waals surface area contributed by atoms with E-state index in [0.717, 1.165) is 35.9 Å². The molecule has 0 atom stereocenters. The molecule has 2 amide bonds. The van der Waals surface area contributed by atoms with Crippen LogP contribution in [-0.2, 0) is 0 Å². The van der Waals surface area contributed by atoms with Crippen LogP contribution >= 0.6 is 0 Å². The number of amides is 2. The summed E-state index contributed by atoms with van der Waals surface area (Å²) in [5.41, 5.74) is 3.47. The van der Waals surface area contributed by atoms with Crippen molar-refractivity contribution in [3.63, 3.8) is 0 Å². The maximum absolute atomic E-state index is 12.3. The fourth-order valence-corrected chi connectivity index (χ4v) is 3.38. The van der Waals surface area contributed by atoms with Crippen molar-refractivity contribution < 1.29 is 9.53 Å². The monoisotopic (exact) mass is 369 g/mol.